The van der Waals surface area contributed by atoms with Gasteiger partial charge in [-0.15, -0.1) is 0 Å². The number of hydrogen-bond donors (Lipinski definition) is 0. The van der Waals surface area contributed by atoms with Crippen molar-refractivity contribution in [3.63, 3.8) is 0 Å². The number of nitrogens with zero attached hydrogens (tertiary/aromatic N) is 4. The molecule has 158 valence electrons. The van der Waals surface area contributed by atoms with Gasteiger partial charge in [0.15, 0.2) is 5.69 Å². The zero-order valence-electron chi connectivity index (χ0n) is 17.3. The van der Waals surface area contributed by atoms with E-state index in [1.165, 1.54) is 0 Å². The van der Waals surface area contributed by atoms with Crippen LogP contribution in [0.1, 0.15) is 5.56 Å². The van der Waals surface area contributed by atoms with Crippen molar-refractivity contribution >= 4 is 0 Å². The molecule has 0 atom stereocenters. The Bertz CT molecular complexity index is 1260. The smallest absolute Gasteiger partial charge is 0.340 e. The van der Waals surface area contributed by atoms with E-state index in [2.05, 4.69) is 12.1 Å². The molecule has 32 heavy (non-hydrogen) atoms. The highest BCUT2D eigenvalue weighted by Gasteiger charge is 2.23. The first-order chi connectivity index (χ1) is 15.4. The molecular formula is C26H21ClN4O. The molecule has 0 unspecified atom stereocenters. The fourth-order valence-electron chi connectivity index (χ4n) is 3.30. The van der Waals surface area contributed by atoms with E-state index in [1.807, 2.05) is 108 Å². The van der Waals surface area contributed by atoms with Crippen molar-refractivity contribution in [2.45, 2.75) is 6.61 Å². The highest BCUT2D eigenvalue weighted by atomic mass is 35.5. The van der Waals surface area contributed by atoms with Gasteiger partial charge in [0.1, 0.15) is 18.0 Å². The average Bonchev–Trinajstić information content (AvgIpc) is 3.30. The maximum absolute atomic E-state index is 5.92. The Morgan fingerprint density at radius 2 is 1.28 bits per heavy atom. The predicted octanol–water partition coefficient (Wildman–Crippen LogP) is 1.79. The molecule has 0 aliphatic carbocycles. The first-order valence-corrected chi connectivity index (χ1v) is 10.1. The standard InChI is InChI=1S/C26H21N4O.ClH/c1-4-10-21(11-5-1)20-31-25-18-16-24(17-19-25)30-28-26(22-12-6-2-7-13-22)27-29(30)23-14-8-3-9-15-23;/h1-19H,20H2;1H/q+1;/p-1. The van der Waals surface area contributed by atoms with Crippen LogP contribution in [-0.2, 0) is 6.61 Å². The molecule has 0 bridgehead atoms. The Kier molecular flexibility index (Phi) is 6.58. The number of para-hydroxylation sites is 1. The van der Waals surface area contributed by atoms with Gasteiger partial charge < -0.3 is 17.1 Å². The van der Waals surface area contributed by atoms with Crippen molar-refractivity contribution in [2.75, 3.05) is 0 Å². The van der Waals surface area contributed by atoms with Crippen LogP contribution in [0.4, 0.5) is 0 Å². The molecule has 0 N–H and O–H groups in total. The van der Waals surface area contributed by atoms with E-state index in [1.54, 1.807) is 4.80 Å². The molecule has 0 saturated heterocycles. The van der Waals surface area contributed by atoms with Crippen LogP contribution in [0.5, 0.6) is 5.75 Å². The highest BCUT2D eigenvalue weighted by Crippen LogP contribution is 2.17. The Balaban J connectivity index is 0.00000245. The molecule has 4 aromatic carbocycles. The van der Waals surface area contributed by atoms with E-state index in [0.717, 1.165) is 28.3 Å². The molecule has 0 radical (unpaired) electrons. The molecule has 0 saturated carbocycles. The molecular weight excluding hydrogens is 420 g/mol. The second-order valence-corrected chi connectivity index (χ2v) is 7.07. The van der Waals surface area contributed by atoms with Gasteiger partial charge in [0.05, 0.1) is 10.7 Å². The van der Waals surface area contributed by atoms with Gasteiger partial charge in [-0.3, -0.25) is 0 Å². The molecule has 5 rings (SSSR count). The van der Waals surface area contributed by atoms with Gasteiger partial charge in [0, 0.05) is 4.80 Å². The van der Waals surface area contributed by atoms with Gasteiger partial charge in [0.25, 0.3) is 0 Å². The summed E-state index contributed by atoms with van der Waals surface area (Å²) in [6.45, 7) is 0.533. The van der Waals surface area contributed by atoms with Crippen molar-refractivity contribution in [1.29, 1.82) is 0 Å². The van der Waals surface area contributed by atoms with Crippen LogP contribution < -0.4 is 21.9 Å². The zero-order chi connectivity index (χ0) is 20.9. The van der Waals surface area contributed by atoms with Gasteiger partial charge in [0.2, 0.25) is 0 Å². The number of aromatic nitrogens is 4. The van der Waals surface area contributed by atoms with Crippen LogP contribution in [0.2, 0.25) is 0 Å². The first kappa shape index (κ1) is 21.3. The summed E-state index contributed by atoms with van der Waals surface area (Å²) < 4.78 is 5.92. The molecule has 6 heteroatoms. The summed E-state index contributed by atoms with van der Waals surface area (Å²) in [4.78, 5) is 3.61. The monoisotopic (exact) mass is 440 g/mol. The maximum Gasteiger partial charge on any atom is 0.340 e. The van der Waals surface area contributed by atoms with Gasteiger partial charge in [-0.25, -0.2) is 0 Å². The van der Waals surface area contributed by atoms with Crippen molar-refractivity contribution in [3.05, 3.63) is 121 Å². The van der Waals surface area contributed by atoms with E-state index >= 15 is 0 Å². The summed E-state index contributed by atoms with van der Waals surface area (Å²) >= 11 is 0. The van der Waals surface area contributed by atoms with Crippen LogP contribution in [0, 0.1) is 0 Å². The third-order valence-electron chi connectivity index (χ3n) is 4.89. The third-order valence-corrected chi connectivity index (χ3v) is 4.89. The molecule has 1 heterocycles. The van der Waals surface area contributed by atoms with Crippen LogP contribution in [0.3, 0.4) is 0 Å². The number of halogens is 1. The largest absolute Gasteiger partial charge is 1.00 e. The van der Waals surface area contributed by atoms with Gasteiger partial charge in [-0.2, -0.15) is 0 Å². The molecule has 0 aliphatic rings. The Labute approximate surface area is 192 Å². The van der Waals surface area contributed by atoms with Gasteiger partial charge >= 0.3 is 5.82 Å². The SMILES string of the molecule is [Cl-].c1ccc(COc2ccc(-[n+]3nc(-c4ccccc4)nn3-c3ccccc3)cc2)cc1. The molecule has 0 amide bonds. The number of benzene rings is 4. The van der Waals surface area contributed by atoms with E-state index in [4.69, 9.17) is 14.9 Å². The maximum atomic E-state index is 5.92. The second-order valence-electron chi connectivity index (χ2n) is 7.07. The van der Waals surface area contributed by atoms with E-state index in [0.29, 0.717) is 12.4 Å². The molecule has 5 aromatic rings. The lowest BCUT2D eigenvalue weighted by atomic mass is 10.2. The van der Waals surface area contributed by atoms with Gasteiger partial charge in [-0.1, -0.05) is 66.7 Å². The molecule has 0 aliphatic heterocycles. The summed E-state index contributed by atoms with van der Waals surface area (Å²) in [5, 5.41) is 9.54. The third kappa shape index (κ3) is 4.68. The molecule has 5 nitrogen and oxygen atoms in total. The van der Waals surface area contributed by atoms with Crippen molar-refractivity contribution in [1.82, 2.24) is 15.0 Å². The minimum Gasteiger partial charge on any atom is -1.00 e. The molecule has 0 spiro atoms. The molecule has 0 fully saturated rings. The summed E-state index contributed by atoms with van der Waals surface area (Å²) in [5.74, 6) is 1.47. The summed E-state index contributed by atoms with van der Waals surface area (Å²) in [6.07, 6.45) is 0. The lowest BCUT2D eigenvalue weighted by Crippen LogP contribution is -3.00. The highest BCUT2D eigenvalue weighted by molar-refractivity contribution is 5.53. The van der Waals surface area contributed by atoms with Crippen molar-refractivity contribution < 1.29 is 21.9 Å². The number of rotatable bonds is 6. The predicted molar refractivity (Wildman–Crippen MR) is 119 cm³/mol. The average molecular weight is 441 g/mol. The van der Waals surface area contributed by atoms with Crippen molar-refractivity contribution in [3.8, 4) is 28.5 Å². The minimum absolute atomic E-state index is 0. The minimum atomic E-state index is 0. The fraction of sp³-hybridized carbons (Fsp3) is 0.0385. The summed E-state index contributed by atoms with van der Waals surface area (Å²) in [7, 11) is 0. The topological polar surface area (TPSA) is 43.8 Å². The second kappa shape index (κ2) is 9.90. The lowest BCUT2D eigenvalue weighted by molar-refractivity contribution is -0.734. The Morgan fingerprint density at radius 3 is 1.94 bits per heavy atom. The van der Waals surface area contributed by atoms with Crippen LogP contribution in [0.15, 0.2) is 115 Å². The van der Waals surface area contributed by atoms with Gasteiger partial charge in [-0.05, 0) is 64.0 Å². The van der Waals surface area contributed by atoms with Crippen molar-refractivity contribution in [2.24, 2.45) is 0 Å². The van der Waals surface area contributed by atoms with E-state index < -0.39 is 0 Å². The molecule has 1 aromatic heterocycles. The Hall–Kier alpha value is -3.96. The quantitative estimate of drug-likeness (QED) is 0.378. The fourth-order valence-corrected chi connectivity index (χ4v) is 3.30. The van der Waals surface area contributed by atoms with Crippen LogP contribution >= 0.6 is 0 Å². The zero-order valence-corrected chi connectivity index (χ0v) is 18.0. The van der Waals surface area contributed by atoms with Crippen LogP contribution in [0.25, 0.3) is 22.8 Å². The normalized spacial score (nSPS) is 10.4. The number of tetrazole rings is 1. The van der Waals surface area contributed by atoms with E-state index in [-0.39, 0.29) is 12.4 Å². The first-order valence-electron chi connectivity index (χ1n) is 10.1. The summed E-state index contributed by atoms with van der Waals surface area (Å²) in [5.41, 5.74) is 3.93. The lowest BCUT2D eigenvalue weighted by Gasteiger charge is -2.06. The van der Waals surface area contributed by atoms with Crippen LogP contribution in [-0.4, -0.2) is 15.0 Å². The summed E-state index contributed by atoms with van der Waals surface area (Å²) in [6, 6.07) is 38.0. The number of hydrogen-bond acceptors (Lipinski definition) is 3. The Morgan fingerprint density at radius 1 is 0.688 bits per heavy atom. The van der Waals surface area contributed by atoms with E-state index in [9.17, 15) is 0 Å². The number of ether oxygens (including phenoxy) is 1.